The smallest absolute Gasteiger partial charge is 0.258 e. The van der Waals surface area contributed by atoms with Crippen molar-refractivity contribution in [2.75, 3.05) is 13.2 Å². The number of aliphatic hydroxyl groups is 1. The van der Waals surface area contributed by atoms with Gasteiger partial charge in [0.15, 0.2) is 6.61 Å². The predicted octanol–water partition coefficient (Wildman–Crippen LogP) is 2.78. The molecule has 1 aromatic carbocycles. The van der Waals surface area contributed by atoms with E-state index in [1.807, 2.05) is 0 Å². The van der Waals surface area contributed by atoms with Gasteiger partial charge in [0.2, 0.25) is 0 Å². The molecule has 1 amide bonds. The third-order valence-corrected chi connectivity index (χ3v) is 4.27. The molecule has 0 spiro atoms. The summed E-state index contributed by atoms with van der Waals surface area (Å²) in [5.41, 5.74) is -0.787. The maximum atomic E-state index is 12.9. The molecule has 0 saturated heterocycles. The van der Waals surface area contributed by atoms with Crippen molar-refractivity contribution >= 4 is 21.8 Å². The van der Waals surface area contributed by atoms with Crippen LogP contribution in [0.1, 0.15) is 32.1 Å². The van der Waals surface area contributed by atoms with E-state index in [2.05, 4.69) is 21.2 Å². The number of carbonyl (C=O) groups is 1. The summed E-state index contributed by atoms with van der Waals surface area (Å²) in [7, 11) is 0. The highest BCUT2D eigenvalue weighted by Gasteiger charge is 2.29. The zero-order chi connectivity index (χ0) is 15.3. The fraction of sp³-hybridized carbons (Fsp3) is 0.533. The van der Waals surface area contributed by atoms with Gasteiger partial charge in [-0.2, -0.15) is 0 Å². The van der Waals surface area contributed by atoms with Crippen LogP contribution >= 0.6 is 15.9 Å². The summed E-state index contributed by atoms with van der Waals surface area (Å²) >= 11 is 3.17. The number of amides is 1. The van der Waals surface area contributed by atoms with E-state index in [1.165, 1.54) is 18.2 Å². The minimum atomic E-state index is -0.787. The van der Waals surface area contributed by atoms with Gasteiger partial charge in [0.05, 0.1) is 10.1 Å². The number of carbonyl (C=O) groups excluding carboxylic acids is 1. The maximum absolute atomic E-state index is 12.9. The quantitative estimate of drug-likeness (QED) is 0.849. The summed E-state index contributed by atoms with van der Waals surface area (Å²) in [5, 5.41) is 13.0. The summed E-state index contributed by atoms with van der Waals surface area (Å²) < 4.78 is 18.7. The van der Waals surface area contributed by atoms with E-state index in [0.717, 1.165) is 32.1 Å². The second-order valence-electron chi connectivity index (χ2n) is 5.43. The number of halogens is 2. The maximum Gasteiger partial charge on any atom is 0.258 e. The first-order valence-electron chi connectivity index (χ1n) is 7.05. The largest absolute Gasteiger partial charge is 0.483 e. The summed E-state index contributed by atoms with van der Waals surface area (Å²) in [4.78, 5) is 11.7. The number of nitrogens with one attached hydrogen (secondary N) is 1. The van der Waals surface area contributed by atoms with Crippen molar-refractivity contribution in [2.45, 2.75) is 37.7 Å². The SMILES string of the molecule is O=C(COc1ccc(F)cc1Br)NCC1(O)CCCCC1. The molecule has 116 valence electrons. The first-order chi connectivity index (χ1) is 9.98. The highest BCUT2D eigenvalue weighted by molar-refractivity contribution is 9.10. The van der Waals surface area contributed by atoms with Crippen LogP contribution in [0.25, 0.3) is 0 Å². The number of hydrogen-bond acceptors (Lipinski definition) is 3. The standard InChI is InChI=1S/C15H19BrFNO3/c16-12-8-11(17)4-5-13(12)21-9-14(19)18-10-15(20)6-2-1-3-7-15/h4-5,8,20H,1-3,6-7,9-10H2,(H,18,19). The summed E-state index contributed by atoms with van der Waals surface area (Å²) in [6, 6.07) is 4.00. The molecule has 2 N–H and O–H groups in total. The van der Waals surface area contributed by atoms with Gasteiger partial charge in [0.25, 0.3) is 5.91 Å². The Hall–Kier alpha value is -1.14. The third-order valence-electron chi connectivity index (χ3n) is 3.65. The average Bonchev–Trinajstić information content (AvgIpc) is 2.45. The number of ether oxygens (including phenoxy) is 1. The van der Waals surface area contributed by atoms with Crippen LogP contribution in [0.15, 0.2) is 22.7 Å². The van der Waals surface area contributed by atoms with E-state index < -0.39 is 5.60 Å². The van der Waals surface area contributed by atoms with Crippen LogP contribution < -0.4 is 10.1 Å². The van der Waals surface area contributed by atoms with Crippen LogP contribution in [-0.2, 0) is 4.79 Å². The van der Waals surface area contributed by atoms with E-state index in [4.69, 9.17) is 4.74 Å². The number of benzene rings is 1. The van der Waals surface area contributed by atoms with Crippen LogP contribution in [0.3, 0.4) is 0 Å². The molecule has 0 radical (unpaired) electrons. The molecule has 6 heteroatoms. The minimum Gasteiger partial charge on any atom is -0.483 e. The molecular weight excluding hydrogens is 341 g/mol. The topological polar surface area (TPSA) is 58.6 Å². The number of hydrogen-bond donors (Lipinski definition) is 2. The van der Waals surface area contributed by atoms with Gasteiger partial charge < -0.3 is 15.2 Å². The highest BCUT2D eigenvalue weighted by Crippen LogP contribution is 2.27. The molecule has 4 nitrogen and oxygen atoms in total. The van der Waals surface area contributed by atoms with Gasteiger partial charge in [-0.1, -0.05) is 19.3 Å². The molecule has 0 aliphatic heterocycles. The van der Waals surface area contributed by atoms with E-state index in [0.29, 0.717) is 10.2 Å². The molecule has 0 aromatic heterocycles. The lowest BCUT2D eigenvalue weighted by molar-refractivity contribution is -0.124. The van der Waals surface area contributed by atoms with E-state index in [1.54, 1.807) is 0 Å². The molecular formula is C15H19BrFNO3. The Labute approximate surface area is 131 Å². The molecule has 1 aliphatic rings. The highest BCUT2D eigenvalue weighted by atomic mass is 79.9. The molecule has 1 saturated carbocycles. The van der Waals surface area contributed by atoms with Gasteiger partial charge in [0.1, 0.15) is 11.6 Å². The first-order valence-corrected chi connectivity index (χ1v) is 7.85. The second kappa shape index (κ2) is 7.22. The summed E-state index contributed by atoms with van der Waals surface area (Å²) in [6.45, 7) is 0.0834. The zero-order valence-corrected chi connectivity index (χ0v) is 13.3. The Bertz CT molecular complexity index is 504. The first kappa shape index (κ1) is 16.2. The Kier molecular flexibility index (Phi) is 5.58. The van der Waals surface area contributed by atoms with E-state index in [9.17, 15) is 14.3 Å². The second-order valence-corrected chi connectivity index (χ2v) is 6.28. The Morgan fingerprint density at radius 1 is 1.38 bits per heavy atom. The summed E-state index contributed by atoms with van der Waals surface area (Å²) in [5.74, 6) is -0.272. The van der Waals surface area contributed by atoms with Crippen LogP contribution in [0.4, 0.5) is 4.39 Å². The fourth-order valence-electron chi connectivity index (χ4n) is 2.44. The van der Waals surface area contributed by atoms with Crippen LogP contribution in [0.2, 0.25) is 0 Å². The Morgan fingerprint density at radius 2 is 2.10 bits per heavy atom. The van der Waals surface area contributed by atoms with E-state index >= 15 is 0 Å². The normalized spacial score (nSPS) is 17.3. The van der Waals surface area contributed by atoms with Gasteiger partial charge in [-0.3, -0.25) is 4.79 Å². The van der Waals surface area contributed by atoms with Crippen molar-refractivity contribution in [3.05, 3.63) is 28.5 Å². The predicted molar refractivity (Wildman–Crippen MR) is 80.6 cm³/mol. The van der Waals surface area contributed by atoms with Crippen LogP contribution in [0.5, 0.6) is 5.75 Å². The Morgan fingerprint density at radius 3 is 2.76 bits per heavy atom. The van der Waals surface area contributed by atoms with Gasteiger partial charge in [0, 0.05) is 6.54 Å². The van der Waals surface area contributed by atoms with Gasteiger partial charge in [-0.05, 0) is 47.0 Å². The van der Waals surface area contributed by atoms with Crippen molar-refractivity contribution in [3.63, 3.8) is 0 Å². The molecule has 1 fully saturated rings. The summed E-state index contributed by atoms with van der Waals surface area (Å²) in [6.07, 6.45) is 4.56. The molecule has 0 heterocycles. The lowest BCUT2D eigenvalue weighted by Crippen LogP contribution is -2.45. The minimum absolute atomic E-state index is 0.166. The van der Waals surface area contributed by atoms with Gasteiger partial charge >= 0.3 is 0 Å². The van der Waals surface area contributed by atoms with Crippen molar-refractivity contribution in [1.29, 1.82) is 0 Å². The zero-order valence-electron chi connectivity index (χ0n) is 11.7. The Balaban J connectivity index is 1.77. The molecule has 0 unspecified atom stereocenters. The van der Waals surface area contributed by atoms with Crippen molar-refractivity contribution in [2.24, 2.45) is 0 Å². The molecule has 0 atom stereocenters. The van der Waals surface area contributed by atoms with Crippen LogP contribution in [0, 0.1) is 5.82 Å². The molecule has 2 rings (SSSR count). The van der Waals surface area contributed by atoms with Crippen molar-refractivity contribution in [3.8, 4) is 5.75 Å². The van der Waals surface area contributed by atoms with E-state index in [-0.39, 0.29) is 24.9 Å². The van der Waals surface area contributed by atoms with Crippen molar-refractivity contribution in [1.82, 2.24) is 5.32 Å². The molecule has 21 heavy (non-hydrogen) atoms. The molecule has 0 bridgehead atoms. The average molecular weight is 360 g/mol. The van der Waals surface area contributed by atoms with Crippen LogP contribution in [-0.4, -0.2) is 29.8 Å². The van der Waals surface area contributed by atoms with Gasteiger partial charge in [-0.15, -0.1) is 0 Å². The fourth-order valence-corrected chi connectivity index (χ4v) is 2.90. The molecule has 1 aliphatic carbocycles. The number of rotatable bonds is 5. The third kappa shape index (κ3) is 4.97. The lowest BCUT2D eigenvalue weighted by atomic mass is 9.85. The monoisotopic (exact) mass is 359 g/mol. The van der Waals surface area contributed by atoms with Crippen molar-refractivity contribution < 1.29 is 19.0 Å². The van der Waals surface area contributed by atoms with Gasteiger partial charge in [-0.25, -0.2) is 4.39 Å². The lowest BCUT2D eigenvalue weighted by Gasteiger charge is -2.32. The molecule has 1 aromatic rings.